The Morgan fingerprint density at radius 3 is 2.19 bits per heavy atom. The van der Waals surface area contributed by atoms with Gasteiger partial charge in [0.05, 0.1) is 22.4 Å². The van der Waals surface area contributed by atoms with E-state index in [9.17, 15) is 19.2 Å². The SMILES string of the molecule is NC(=O)c1c(NC(=O)c2ccc(N3C(=O)c4ccccc4C3=O)cc2)sc2c1CCC2. The maximum absolute atomic E-state index is 12.8. The lowest BCUT2D eigenvalue weighted by atomic mass is 10.1. The van der Waals surface area contributed by atoms with Gasteiger partial charge in [-0.3, -0.25) is 19.2 Å². The molecule has 0 atom stereocenters. The molecular formula is C23H17N3O4S. The number of carbonyl (C=O) groups is 4. The molecule has 0 bridgehead atoms. The van der Waals surface area contributed by atoms with Gasteiger partial charge in [0.2, 0.25) is 0 Å². The van der Waals surface area contributed by atoms with E-state index >= 15 is 0 Å². The maximum atomic E-state index is 12.8. The topological polar surface area (TPSA) is 110 Å². The number of imide groups is 1. The zero-order valence-electron chi connectivity index (χ0n) is 16.3. The summed E-state index contributed by atoms with van der Waals surface area (Å²) in [4.78, 5) is 52.1. The van der Waals surface area contributed by atoms with Gasteiger partial charge in [0.15, 0.2) is 0 Å². The zero-order chi connectivity index (χ0) is 21.7. The first-order valence-electron chi connectivity index (χ1n) is 9.79. The van der Waals surface area contributed by atoms with Crippen molar-refractivity contribution >= 4 is 45.7 Å². The van der Waals surface area contributed by atoms with Gasteiger partial charge in [-0.1, -0.05) is 12.1 Å². The number of amides is 4. The van der Waals surface area contributed by atoms with Crippen LogP contribution in [0.25, 0.3) is 0 Å². The Hall–Kier alpha value is -3.78. The average molecular weight is 431 g/mol. The lowest BCUT2D eigenvalue weighted by Gasteiger charge is -2.14. The number of thiophene rings is 1. The quantitative estimate of drug-likeness (QED) is 0.617. The summed E-state index contributed by atoms with van der Waals surface area (Å²) in [6.07, 6.45) is 2.65. The van der Waals surface area contributed by atoms with Crippen LogP contribution in [0.4, 0.5) is 10.7 Å². The van der Waals surface area contributed by atoms with E-state index in [0.29, 0.717) is 32.9 Å². The molecule has 31 heavy (non-hydrogen) atoms. The van der Waals surface area contributed by atoms with Crippen LogP contribution in [-0.2, 0) is 12.8 Å². The smallest absolute Gasteiger partial charge is 0.266 e. The Morgan fingerprint density at radius 1 is 0.935 bits per heavy atom. The second-order valence-electron chi connectivity index (χ2n) is 7.42. The number of rotatable bonds is 4. The summed E-state index contributed by atoms with van der Waals surface area (Å²) in [5, 5.41) is 3.25. The largest absolute Gasteiger partial charge is 0.365 e. The lowest BCUT2D eigenvalue weighted by Crippen LogP contribution is -2.29. The Labute approximate surface area is 181 Å². The van der Waals surface area contributed by atoms with Crippen molar-refractivity contribution in [3.05, 3.63) is 81.2 Å². The summed E-state index contributed by atoms with van der Waals surface area (Å²) in [6, 6.07) is 12.8. The summed E-state index contributed by atoms with van der Waals surface area (Å²) in [5.41, 5.74) is 8.32. The van der Waals surface area contributed by atoms with Gasteiger partial charge in [-0.15, -0.1) is 11.3 Å². The second kappa shape index (κ2) is 7.17. The van der Waals surface area contributed by atoms with Gasteiger partial charge in [0.1, 0.15) is 5.00 Å². The van der Waals surface area contributed by atoms with Crippen LogP contribution in [0.5, 0.6) is 0 Å². The van der Waals surface area contributed by atoms with Gasteiger partial charge in [-0.25, -0.2) is 4.90 Å². The second-order valence-corrected chi connectivity index (χ2v) is 8.52. The van der Waals surface area contributed by atoms with Crippen LogP contribution in [0.2, 0.25) is 0 Å². The monoisotopic (exact) mass is 431 g/mol. The molecule has 0 unspecified atom stereocenters. The highest BCUT2D eigenvalue weighted by Gasteiger charge is 2.36. The van der Waals surface area contributed by atoms with Crippen molar-refractivity contribution in [2.45, 2.75) is 19.3 Å². The summed E-state index contributed by atoms with van der Waals surface area (Å²) < 4.78 is 0. The molecule has 1 aliphatic carbocycles. The van der Waals surface area contributed by atoms with Crippen molar-refractivity contribution in [2.75, 3.05) is 10.2 Å². The number of carbonyl (C=O) groups excluding carboxylic acids is 4. The minimum Gasteiger partial charge on any atom is -0.365 e. The minimum atomic E-state index is -0.546. The number of benzene rings is 2. The molecule has 8 heteroatoms. The van der Waals surface area contributed by atoms with E-state index in [2.05, 4.69) is 5.32 Å². The number of fused-ring (bicyclic) bond motifs is 2. The molecule has 0 fully saturated rings. The molecule has 3 aromatic rings. The summed E-state index contributed by atoms with van der Waals surface area (Å²) >= 11 is 1.39. The van der Waals surface area contributed by atoms with Crippen molar-refractivity contribution in [1.82, 2.24) is 0 Å². The number of primary amides is 1. The molecule has 0 spiro atoms. The van der Waals surface area contributed by atoms with E-state index in [1.54, 1.807) is 48.5 Å². The van der Waals surface area contributed by atoms with E-state index in [4.69, 9.17) is 5.73 Å². The number of nitrogens with one attached hydrogen (secondary N) is 1. The van der Waals surface area contributed by atoms with Gasteiger partial charge < -0.3 is 11.1 Å². The van der Waals surface area contributed by atoms with Crippen molar-refractivity contribution in [3.63, 3.8) is 0 Å². The van der Waals surface area contributed by atoms with Gasteiger partial charge >= 0.3 is 0 Å². The first-order valence-corrected chi connectivity index (χ1v) is 10.6. The first kappa shape index (κ1) is 19.2. The molecule has 0 saturated heterocycles. The standard InChI is InChI=1S/C23H17N3O4S/c24-19(27)18-16-6-3-7-17(16)31-21(18)25-20(28)12-8-10-13(11-9-12)26-22(29)14-4-1-2-5-15(14)23(26)30/h1-2,4-5,8-11H,3,6-7H2,(H2,24,27)(H,25,28). The van der Waals surface area contributed by atoms with E-state index in [0.717, 1.165) is 34.6 Å². The van der Waals surface area contributed by atoms with Gasteiger partial charge in [-0.05, 0) is 61.2 Å². The average Bonchev–Trinajstić information content (AvgIpc) is 3.41. The number of nitrogens with two attached hydrogens (primary N) is 1. The summed E-state index contributed by atoms with van der Waals surface area (Å²) in [6.45, 7) is 0. The Kier molecular flexibility index (Phi) is 4.44. The Bertz CT molecular complexity index is 1240. The number of aryl methyl sites for hydroxylation is 1. The van der Waals surface area contributed by atoms with E-state index in [-0.39, 0.29) is 0 Å². The molecule has 3 N–H and O–H groups in total. The molecule has 0 radical (unpaired) electrons. The van der Waals surface area contributed by atoms with Crippen LogP contribution in [0.1, 0.15) is 58.3 Å². The van der Waals surface area contributed by atoms with E-state index in [1.807, 2.05) is 0 Å². The Balaban J connectivity index is 1.38. The maximum Gasteiger partial charge on any atom is 0.266 e. The molecule has 2 aromatic carbocycles. The highest BCUT2D eigenvalue weighted by atomic mass is 32.1. The molecule has 5 rings (SSSR count). The fourth-order valence-electron chi connectivity index (χ4n) is 4.11. The minimum absolute atomic E-state index is 0.337. The Morgan fingerprint density at radius 2 is 1.58 bits per heavy atom. The van der Waals surface area contributed by atoms with Gasteiger partial charge in [0.25, 0.3) is 23.6 Å². The van der Waals surface area contributed by atoms with Crippen LogP contribution in [0, 0.1) is 0 Å². The van der Waals surface area contributed by atoms with Crippen molar-refractivity contribution in [2.24, 2.45) is 5.73 Å². The summed E-state index contributed by atoms with van der Waals surface area (Å²) in [5.74, 6) is -1.72. The van der Waals surface area contributed by atoms with E-state index < -0.39 is 23.6 Å². The van der Waals surface area contributed by atoms with Crippen molar-refractivity contribution in [3.8, 4) is 0 Å². The number of nitrogens with zero attached hydrogens (tertiary/aromatic N) is 1. The van der Waals surface area contributed by atoms with E-state index in [1.165, 1.54) is 11.3 Å². The third-order valence-corrected chi connectivity index (χ3v) is 6.78. The summed E-state index contributed by atoms with van der Waals surface area (Å²) in [7, 11) is 0. The highest BCUT2D eigenvalue weighted by Crippen LogP contribution is 2.39. The van der Waals surface area contributed by atoms with Crippen LogP contribution in [0.15, 0.2) is 48.5 Å². The van der Waals surface area contributed by atoms with Gasteiger partial charge in [0, 0.05) is 10.4 Å². The van der Waals surface area contributed by atoms with Crippen LogP contribution < -0.4 is 16.0 Å². The first-order chi connectivity index (χ1) is 15.0. The molecule has 7 nitrogen and oxygen atoms in total. The number of hydrogen-bond acceptors (Lipinski definition) is 5. The third-order valence-electron chi connectivity index (χ3n) is 5.58. The molecular weight excluding hydrogens is 414 g/mol. The number of hydrogen-bond donors (Lipinski definition) is 2. The predicted octanol–water partition coefficient (Wildman–Crippen LogP) is 3.39. The van der Waals surface area contributed by atoms with Crippen molar-refractivity contribution < 1.29 is 19.2 Å². The molecule has 2 heterocycles. The van der Waals surface area contributed by atoms with Crippen LogP contribution in [-0.4, -0.2) is 23.6 Å². The molecule has 1 aromatic heterocycles. The fourth-order valence-corrected chi connectivity index (χ4v) is 5.40. The normalized spacial score (nSPS) is 14.5. The molecule has 154 valence electrons. The highest BCUT2D eigenvalue weighted by molar-refractivity contribution is 7.17. The van der Waals surface area contributed by atoms with Crippen molar-refractivity contribution in [1.29, 1.82) is 0 Å². The lowest BCUT2D eigenvalue weighted by molar-refractivity contribution is 0.0923. The third kappa shape index (κ3) is 3.03. The van der Waals surface area contributed by atoms with Gasteiger partial charge in [-0.2, -0.15) is 0 Å². The predicted molar refractivity (Wildman–Crippen MR) is 117 cm³/mol. The van der Waals surface area contributed by atoms with Crippen LogP contribution >= 0.6 is 11.3 Å². The fraction of sp³-hybridized carbons (Fsp3) is 0.130. The molecule has 4 amide bonds. The molecule has 0 saturated carbocycles. The zero-order valence-corrected chi connectivity index (χ0v) is 17.1. The molecule has 1 aliphatic heterocycles. The molecule has 2 aliphatic rings. The van der Waals surface area contributed by atoms with Crippen LogP contribution in [0.3, 0.4) is 0 Å². The number of anilines is 2.